The first-order valence-electron chi connectivity index (χ1n) is 7.97. The second kappa shape index (κ2) is 7.63. The molecule has 115 valence electrons. The van der Waals surface area contributed by atoms with Crippen LogP contribution in [0.3, 0.4) is 0 Å². The molecule has 0 N–H and O–H groups in total. The van der Waals surface area contributed by atoms with Crippen molar-refractivity contribution in [1.29, 1.82) is 0 Å². The average molecular weight is 336 g/mol. The van der Waals surface area contributed by atoms with Crippen LogP contribution in [0.25, 0.3) is 0 Å². The third-order valence-electron chi connectivity index (χ3n) is 4.19. The van der Waals surface area contributed by atoms with Gasteiger partial charge in [-0.3, -0.25) is 0 Å². The Labute approximate surface area is 145 Å². The minimum atomic E-state index is -0.821. The summed E-state index contributed by atoms with van der Waals surface area (Å²) in [7, 11) is -0.821. The molecular weight excluding hydrogens is 316 g/mol. The Bertz CT molecular complexity index is 701. The lowest BCUT2D eigenvalue weighted by molar-refractivity contribution is 0.857. The Balaban J connectivity index is 1.92. The maximum Gasteiger partial charge on any atom is 0.122 e. The SMILES string of the molecule is C[C@H](C[Si](c1ccccc1)c1ccccc1)c1ccccc1Cl. The molecule has 0 fully saturated rings. The molecule has 2 heteroatoms. The Morgan fingerprint density at radius 3 is 1.74 bits per heavy atom. The first-order valence-corrected chi connectivity index (χ1v) is 10.1. The molecule has 3 rings (SSSR count). The van der Waals surface area contributed by atoms with Gasteiger partial charge in [-0.25, -0.2) is 0 Å². The van der Waals surface area contributed by atoms with Crippen LogP contribution in [0.2, 0.25) is 11.1 Å². The third kappa shape index (κ3) is 3.93. The van der Waals surface area contributed by atoms with E-state index in [0.29, 0.717) is 5.92 Å². The van der Waals surface area contributed by atoms with E-state index in [1.54, 1.807) is 0 Å². The first-order chi connectivity index (χ1) is 11.3. The van der Waals surface area contributed by atoms with Gasteiger partial charge in [-0.2, -0.15) is 0 Å². The highest BCUT2D eigenvalue weighted by Crippen LogP contribution is 2.27. The van der Waals surface area contributed by atoms with Crippen LogP contribution in [-0.4, -0.2) is 8.80 Å². The molecule has 0 unspecified atom stereocenters. The molecule has 0 nitrogen and oxygen atoms in total. The summed E-state index contributed by atoms with van der Waals surface area (Å²) in [6.45, 7) is 2.29. The van der Waals surface area contributed by atoms with Gasteiger partial charge in [0.2, 0.25) is 0 Å². The largest absolute Gasteiger partial charge is 0.122 e. The molecule has 0 aliphatic heterocycles. The van der Waals surface area contributed by atoms with Crippen LogP contribution in [0.4, 0.5) is 0 Å². The molecule has 3 aromatic rings. The van der Waals surface area contributed by atoms with E-state index in [4.69, 9.17) is 11.6 Å². The third-order valence-corrected chi connectivity index (χ3v) is 7.62. The van der Waals surface area contributed by atoms with Gasteiger partial charge in [-0.15, -0.1) is 0 Å². The second-order valence-corrected chi connectivity index (χ2v) is 8.76. The van der Waals surface area contributed by atoms with E-state index in [2.05, 4.69) is 79.7 Å². The van der Waals surface area contributed by atoms with Crippen molar-refractivity contribution in [1.82, 2.24) is 0 Å². The molecule has 0 aliphatic carbocycles. The fourth-order valence-electron chi connectivity index (χ4n) is 2.97. The number of hydrogen-bond acceptors (Lipinski definition) is 0. The average Bonchev–Trinajstić information content (AvgIpc) is 2.61. The summed E-state index contributed by atoms with van der Waals surface area (Å²) >= 11 is 6.41. The second-order valence-electron chi connectivity index (χ2n) is 5.84. The van der Waals surface area contributed by atoms with Gasteiger partial charge in [0.25, 0.3) is 0 Å². The van der Waals surface area contributed by atoms with E-state index < -0.39 is 8.80 Å². The van der Waals surface area contributed by atoms with Gasteiger partial charge >= 0.3 is 0 Å². The van der Waals surface area contributed by atoms with Crippen molar-refractivity contribution >= 4 is 30.8 Å². The monoisotopic (exact) mass is 335 g/mol. The van der Waals surface area contributed by atoms with Gasteiger partial charge in [0.15, 0.2) is 0 Å². The van der Waals surface area contributed by atoms with Gasteiger partial charge in [0, 0.05) is 5.02 Å². The zero-order valence-electron chi connectivity index (χ0n) is 13.2. The molecular formula is C21H20ClSi. The summed E-state index contributed by atoms with van der Waals surface area (Å²) in [5, 5.41) is 3.80. The lowest BCUT2D eigenvalue weighted by atomic mass is 10.0. The van der Waals surface area contributed by atoms with Crippen molar-refractivity contribution in [3.8, 4) is 0 Å². The Hall–Kier alpha value is -1.83. The quantitative estimate of drug-likeness (QED) is 0.590. The molecule has 3 aromatic carbocycles. The first kappa shape index (κ1) is 16.0. The highest BCUT2D eigenvalue weighted by atomic mass is 35.5. The molecule has 0 aromatic heterocycles. The zero-order chi connectivity index (χ0) is 16.1. The smallest absolute Gasteiger partial charge is 0.0840 e. The summed E-state index contributed by atoms with van der Waals surface area (Å²) < 4.78 is 0. The number of halogens is 1. The fourth-order valence-corrected chi connectivity index (χ4v) is 6.12. The van der Waals surface area contributed by atoms with E-state index >= 15 is 0 Å². The van der Waals surface area contributed by atoms with Crippen molar-refractivity contribution in [3.05, 3.63) is 95.5 Å². The van der Waals surface area contributed by atoms with Crippen molar-refractivity contribution in [2.75, 3.05) is 0 Å². The van der Waals surface area contributed by atoms with E-state index in [1.165, 1.54) is 15.9 Å². The molecule has 0 heterocycles. The Kier molecular flexibility index (Phi) is 5.32. The molecule has 23 heavy (non-hydrogen) atoms. The Morgan fingerprint density at radius 1 is 0.739 bits per heavy atom. The van der Waals surface area contributed by atoms with Crippen LogP contribution < -0.4 is 10.4 Å². The summed E-state index contributed by atoms with van der Waals surface area (Å²) in [6, 6.07) is 31.2. The van der Waals surface area contributed by atoms with Crippen molar-refractivity contribution in [3.63, 3.8) is 0 Å². The van der Waals surface area contributed by atoms with E-state index in [0.717, 1.165) is 11.1 Å². The number of benzene rings is 3. The highest BCUT2D eigenvalue weighted by Gasteiger charge is 2.21. The van der Waals surface area contributed by atoms with Gasteiger partial charge < -0.3 is 0 Å². The van der Waals surface area contributed by atoms with E-state index in [1.807, 2.05) is 12.1 Å². The molecule has 1 atom stereocenters. The van der Waals surface area contributed by atoms with Gasteiger partial charge in [0.1, 0.15) is 8.80 Å². The molecule has 0 aliphatic rings. The standard InChI is InChI=1S/C21H20ClSi/c1-17(20-14-8-9-15-21(20)22)16-23(18-10-4-2-5-11-18)19-12-6-3-7-13-19/h2-15,17H,16H2,1H3/t17-/m1/s1. The Morgan fingerprint density at radius 2 is 1.22 bits per heavy atom. The predicted octanol–water partition coefficient (Wildman–Crippen LogP) is 4.75. The molecule has 0 saturated heterocycles. The summed E-state index contributed by atoms with van der Waals surface area (Å²) in [4.78, 5) is 0. The predicted molar refractivity (Wildman–Crippen MR) is 103 cm³/mol. The van der Waals surface area contributed by atoms with Crippen LogP contribution in [0, 0.1) is 0 Å². The van der Waals surface area contributed by atoms with Crippen LogP contribution in [0.1, 0.15) is 18.4 Å². The fraction of sp³-hybridized carbons (Fsp3) is 0.143. The van der Waals surface area contributed by atoms with Crippen LogP contribution in [0.15, 0.2) is 84.9 Å². The molecule has 0 saturated carbocycles. The van der Waals surface area contributed by atoms with Crippen LogP contribution >= 0.6 is 11.6 Å². The maximum absolute atomic E-state index is 6.41. The zero-order valence-corrected chi connectivity index (χ0v) is 15.0. The maximum atomic E-state index is 6.41. The lowest BCUT2D eigenvalue weighted by Gasteiger charge is -2.21. The molecule has 0 bridgehead atoms. The van der Waals surface area contributed by atoms with Crippen molar-refractivity contribution in [2.45, 2.75) is 18.9 Å². The topological polar surface area (TPSA) is 0 Å². The van der Waals surface area contributed by atoms with E-state index in [9.17, 15) is 0 Å². The normalized spacial score (nSPS) is 12.3. The van der Waals surface area contributed by atoms with Crippen molar-refractivity contribution in [2.24, 2.45) is 0 Å². The summed E-state index contributed by atoms with van der Waals surface area (Å²) in [6.07, 6.45) is 0. The highest BCUT2D eigenvalue weighted by molar-refractivity contribution is 6.85. The van der Waals surface area contributed by atoms with Crippen LogP contribution in [0.5, 0.6) is 0 Å². The van der Waals surface area contributed by atoms with Gasteiger partial charge in [-0.05, 0) is 23.6 Å². The molecule has 0 amide bonds. The van der Waals surface area contributed by atoms with Crippen molar-refractivity contribution < 1.29 is 0 Å². The van der Waals surface area contributed by atoms with Gasteiger partial charge in [0.05, 0.1) is 0 Å². The summed E-state index contributed by atoms with van der Waals surface area (Å²) in [5.41, 5.74) is 1.25. The number of rotatable bonds is 5. The lowest BCUT2D eigenvalue weighted by Crippen LogP contribution is -2.42. The number of hydrogen-bond donors (Lipinski definition) is 0. The van der Waals surface area contributed by atoms with E-state index in [-0.39, 0.29) is 0 Å². The molecule has 0 spiro atoms. The minimum absolute atomic E-state index is 0.443. The minimum Gasteiger partial charge on any atom is -0.0840 e. The van der Waals surface area contributed by atoms with Crippen LogP contribution in [-0.2, 0) is 0 Å². The summed E-state index contributed by atoms with van der Waals surface area (Å²) in [5.74, 6) is 0.443. The van der Waals surface area contributed by atoms with Gasteiger partial charge in [-0.1, -0.05) is 108 Å². The molecule has 1 radical (unpaired) electrons.